The molecule has 0 aliphatic carbocycles. The van der Waals surface area contributed by atoms with E-state index in [0.717, 1.165) is 17.7 Å². The first-order valence-corrected chi connectivity index (χ1v) is 10.3. The van der Waals surface area contributed by atoms with Crippen LogP contribution in [0.15, 0.2) is 64.3 Å². The number of rotatable bonds is 6. The van der Waals surface area contributed by atoms with Gasteiger partial charge in [-0.15, -0.1) is 0 Å². The Morgan fingerprint density at radius 3 is 2.65 bits per heavy atom. The van der Waals surface area contributed by atoms with Gasteiger partial charge in [-0.3, -0.25) is 9.40 Å². The van der Waals surface area contributed by atoms with Crippen LogP contribution in [0.2, 0.25) is 0 Å². The number of nitrogens with zero attached hydrogens (tertiary/aromatic N) is 3. The van der Waals surface area contributed by atoms with E-state index in [1.54, 1.807) is 35.3 Å². The number of alkyl halides is 3. The van der Waals surface area contributed by atoms with Crippen molar-refractivity contribution >= 4 is 26.8 Å². The van der Waals surface area contributed by atoms with Crippen molar-refractivity contribution < 1.29 is 30.8 Å². The first-order chi connectivity index (χ1) is 14.7. The van der Waals surface area contributed by atoms with Gasteiger partial charge in [-0.1, -0.05) is 17.3 Å². The topological polar surface area (TPSA) is 99.2 Å². The minimum atomic E-state index is -4.85. The standard InChI is InChI=1S/C19H15F3N4O4S/c1-29-14-9-12(11-26-8-4-7-23-26)10-15-17(14)18(24-30-15)25-31(27,28)16-6-3-2-5-13(16)19(20,21)22/h2-10H,11H2,1H3,(H,24,25). The minimum absolute atomic E-state index is 0.180. The fourth-order valence-corrected chi connectivity index (χ4v) is 4.35. The maximum absolute atomic E-state index is 13.3. The average Bonchev–Trinajstić information content (AvgIpc) is 3.37. The molecule has 0 fully saturated rings. The molecular formula is C19H15F3N4O4S. The second-order valence-electron chi connectivity index (χ2n) is 6.51. The van der Waals surface area contributed by atoms with E-state index in [4.69, 9.17) is 9.26 Å². The van der Waals surface area contributed by atoms with Crippen LogP contribution in [-0.2, 0) is 22.7 Å². The molecule has 12 heteroatoms. The zero-order valence-corrected chi connectivity index (χ0v) is 16.7. The summed E-state index contributed by atoms with van der Waals surface area (Å²) in [6.07, 6.45) is -1.47. The highest BCUT2D eigenvalue weighted by molar-refractivity contribution is 7.92. The van der Waals surface area contributed by atoms with Gasteiger partial charge in [-0.2, -0.15) is 18.3 Å². The Balaban J connectivity index is 1.74. The molecule has 0 aliphatic rings. The molecule has 4 rings (SSSR count). The van der Waals surface area contributed by atoms with Crippen molar-refractivity contribution in [2.24, 2.45) is 0 Å². The number of halogens is 3. The van der Waals surface area contributed by atoms with Gasteiger partial charge in [0.15, 0.2) is 11.4 Å². The molecule has 0 unspecified atom stereocenters. The van der Waals surface area contributed by atoms with Crippen LogP contribution in [-0.4, -0.2) is 30.5 Å². The van der Waals surface area contributed by atoms with Gasteiger partial charge in [0.2, 0.25) is 0 Å². The van der Waals surface area contributed by atoms with Crippen molar-refractivity contribution in [1.82, 2.24) is 14.9 Å². The summed E-state index contributed by atoms with van der Waals surface area (Å²) < 4.78 is 79.6. The minimum Gasteiger partial charge on any atom is -0.496 e. The van der Waals surface area contributed by atoms with Gasteiger partial charge in [0.1, 0.15) is 11.1 Å². The summed E-state index contributed by atoms with van der Waals surface area (Å²) in [7, 11) is -3.26. The lowest BCUT2D eigenvalue weighted by molar-refractivity contribution is -0.139. The Bertz CT molecular complexity index is 1330. The van der Waals surface area contributed by atoms with E-state index in [9.17, 15) is 21.6 Å². The number of hydrogen-bond acceptors (Lipinski definition) is 6. The van der Waals surface area contributed by atoms with Gasteiger partial charge in [-0.05, 0) is 35.9 Å². The van der Waals surface area contributed by atoms with Crippen LogP contribution < -0.4 is 9.46 Å². The molecule has 0 atom stereocenters. The Hall–Kier alpha value is -3.54. The van der Waals surface area contributed by atoms with Crippen molar-refractivity contribution in [2.45, 2.75) is 17.6 Å². The fraction of sp³-hybridized carbons (Fsp3) is 0.158. The van der Waals surface area contributed by atoms with Crippen LogP contribution in [0, 0.1) is 0 Å². The predicted molar refractivity (Wildman–Crippen MR) is 104 cm³/mol. The number of nitrogens with one attached hydrogen (secondary N) is 1. The molecular weight excluding hydrogens is 437 g/mol. The zero-order valence-electron chi connectivity index (χ0n) is 15.9. The van der Waals surface area contributed by atoms with E-state index < -0.39 is 26.7 Å². The molecule has 0 amide bonds. The van der Waals surface area contributed by atoms with Crippen molar-refractivity contribution in [1.29, 1.82) is 0 Å². The SMILES string of the molecule is COc1cc(Cn2cccn2)cc2onc(NS(=O)(=O)c3ccccc3C(F)(F)F)c12. The third-order valence-electron chi connectivity index (χ3n) is 4.43. The Kier molecular flexibility index (Phi) is 5.09. The largest absolute Gasteiger partial charge is 0.496 e. The average molecular weight is 452 g/mol. The summed E-state index contributed by atoms with van der Waals surface area (Å²) in [6.45, 7) is 0.389. The van der Waals surface area contributed by atoms with Crippen LogP contribution >= 0.6 is 0 Å². The molecule has 0 aliphatic heterocycles. The number of ether oxygens (including phenoxy) is 1. The predicted octanol–water partition coefficient (Wildman–Crippen LogP) is 3.90. The van der Waals surface area contributed by atoms with Crippen molar-refractivity contribution in [3.05, 3.63) is 66.0 Å². The monoisotopic (exact) mass is 452 g/mol. The second-order valence-corrected chi connectivity index (χ2v) is 8.16. The maximum Gasteiger partial charge on any atom is 0.417 e. The Morgan fingerprint density at radius 1 is 1.19 bits per heavy atom. The van der Waals surface area contributed by atoms with Crippen LogP contribution in [0.5, 0.6) is 5.75 Å². The van der Waals surface area contributed by atoms with E-state index in [2.05, 4.69) is 15.0 Å². The van der Waals surface area contributed by atoms with Crippen LogP contribution in [0.1, 0.15) is 11.1 Å². The Morgan fingerprint density at radius 2 is 1.97 bits per heavy atom. The van der Waals surface area contributed by atoms with Crippen LogP contribution in [0.4, 0.5) is 19.0 Å². The molecule has 4 aromatic rings. The lowest BCUT2D eigenvalue weighted by Crippen LogP contribution is -2.19. The quantitative estimate of drug-likeness (QED) is 0.476. The summed E-state index contributed by atoms with van der Waals surface area (Å²) in [6, 6.07) is 8.89. The summed E-state index contributed by atoms with van der Waals surface area (Å²) in [5.41, 5.74) is -0.354. The maximum atomic E-state index is 13.3. The van der Waals surface area contributed by atoms with Crippen molar-refractivity contribution in [2.75, 3.05) is 11.8 Å². The lowest BCUT2D eigenvalue weighted by atomic mass is 10.1. The van der Waals surface area contributed by atoms with Gasteiger partial charge in [0.25, 0.3) is 10.0 Å². The molecule has 31 heavy (non-hydrogen) atoms. The van der Waals surface area contributed by atoms with Crippen LogP contribution in [0.3, 0.4) is 0 Å². The number of hydrogen-bond donors (Lipinski definition) is 1. The summed E-state index contributed by atoms with van der Waals surface area (Å²) >= 11 is 0. The third-order valence-corrected chi connectivity index (χ3v) is 5.83. The molecule has 2 aromatic heterocycles. The molecule has 2 heterocycles. The number of aromatic nitrogens is 3. The molecule has 0 spiro atoms. The molecule has 0 bridgehead atoms. The lowest BCUT2D eigenvalue weighted by Gasteiger charge is -2.13. The molecule has 8 nitrogen and oxygen atoms in total. The molecule has 1 N–H and O–H groups in total. The molecule has 0 saturated carbocycles. The van der Waals surface area contributed by atoms with E-state index in [1.165, 1.54) is 13.2 Å². The van der Waals surface area contributed by atoms with Gasteiger partial charge in [0, 0.05) is 12.4 Å². The number of benzene rings is 2. The van der Waals surface area contributed by atoms with E-state index in [-0.39, 0.29) is 22.5 Å². The van der Waals surface area contributed by atoms with E-state index in [1.807, 2.05) is 0 Å². The fourth-order valence-electron chi connectivity index (χ4n) is 3.11. The highest BCUT2D eigenvalue weighted by atomic mass is 32.2. The molecule has 2 aromatic carbocycles. The van der Waals surface area contributed by atoms with E-state index in [0.29, 0.717) is 12.6 Å². The highest BCUT2D eigenvalue weighted by Crippen LogP contribution is 2.37. The second kappa shape index (κ2) is 7.61. The molecule has 162 valence electrons. The van der Waals surface area contributed by atoms with Crippen molar-refractivity contribution in [3.8, 4) is 5.75 Å². The van der Waals surface area contributed by atoms with Gasteiger partial charge in [-0.25, -0.2) is 8.42 Å². The zero-order chi connectivity index (χ0) is 22.2. The van der Waals surface area contributed by atoms with Crippen LogP contribution in [0.25, 0.3) is 11.0 Å². The third kappa shape index (κ3) is 4.06. The highest BCUT2D eigenvalue weighted by Gasteiger charge is 2.37. The summed E-state index contributed by atoms with van der Waals surface area (Å²) in [4.78, 5) is -0.923. The molecule has 0 radical (unpaired) electrons. The van der Waals surface area contributed by atoms with Gasteiger partial charge in [0.05, 0.1) is 24.1 Å². The van der Waals surface area contributed by atoms with E-state index >= 15 is 0 Å². The number of sulfonamides is 1. The first-order valence-electron chi connectivity index (χ1n) is 8.82. The smallest absolute Gasteiger partial charge is 0.417 e. The summed E-state index contributed by atoms with van der Waals surface area (Å²) in [5, 5.41) is 7.98. The Labute approximate surface area is 174 Å². The number of anilines is 1. The first kappa shape index (κ1) is 20.7. The van der Waals surface area contributed by atoms with Gasteiger partial charge < -0.3 is 9.26 Å². The normalized spacial score (nSPS) is 12.3. The number of methoxy groups -OCH3 is 1. The summed E-state index contributed by atoms with van der Waals surface area (Å²) in [5.74, 6) is -0.0443. The molecule has 0 saturated heterocycles. The number of fused-ring (bicyclic) bond motifs is 1. The van der Waals surface area contributed by atoms with Gasteiger partial charge >= 0.3 is 6.18 Å². The van der Waals surface area contributed by atoms with Crippen molar-refractivity contribution in [3.63, 3.8) is 0 Å².